The lowest BCUT2D eigenvalue weighted by molar-refractivity contribution is 0.604. The number of H-pyrrole nitrogens is 2. The molecule has 0 bridgehead atoms. The fourth-order valence-corrected chi connectivity index (χ4v) is 1.15. The van der Waals surface area contributed by atoms with Gasteiger partial charge in [0.2, 0.25) is 0 Å². The minimum Gasteiger partial charge on any atom is -0.257 e. The lowest BCUT2D eigenvalue weighted by atomic mass is 10.3. The van der Waals surface area contributed by atoms with Crippen molar-refractivity contribution in [2.45, 2.75) is 6.04 Å². The van der Waals surface area contributed by atoms with E-state index in [0.29, 0.717) is 0 Å². The van der Waals surface area contributed by atoms with Gasteiger partial charge in [-0.1, -0.05) is 24.3 Å². The van der Waals surface area contributed by atoms with Crippen LogP contribution in [0.25, 0.3) is 0 Å². The number of aromatic nitrogens is 3. The van der Waals surface area contributed by atoms with Gasteiger partial charge in [0.05, 0.1) is 6.04 Å². The Morgan fingerprint density at radius 1 is 1.25 bits per heavy atom. The van der Waals surface area contributed by atoms with Crippen LogP contribution in [0, 0.1) is 0 Å². The standard InChI is InChI=1S/C7H7N3O2/c11-6-8-7(12)10(9-6)5-3-1-2-4-5/h1-5H,(H2,8,9,11,12). The highest BCUT2D eigenvalue weighted by Crippen LogP contribution is 2.10. The molecule has 1 aromatic rings. The molecule has 1 aromatic heterocycles. The van der Waals surface area contributed by atoms with Gasteiger partial charge in [-0.2, -0.15) is 0 Å². The van der Waals surface area contributed by atoms with Crippen LogP contribution < -0.4 is 11.4 Å². The van der Waals surface area contributed by atoms with Gasteiger partial charge in [0.15, 0.2) is 0 Å². The smallest absolute Gasteiger partial charge is 0.257 e. The number of rotatable bonds is 1. The van der Waals surface area contributed by atoms with Crippen molar-refractivity contribution in [3.63, 3.8) is 0 Å². The molecule has 1 heterocycles. The summed E-state index contributed by atoms with van der Waals surface area (Å²) in [5, 5.41) is 2.38. The van der Waals surface area contributed by atoms with Gasteiger partial charge in [0.25, 0.3) is 0 Å². The Kier molecular flexibility index (Phi) is 1.36. The fourth-order valence-electron chi connectivity index (χ4n) is 1.15. The van der Waals surface area contributed by atoms with E-state index in [1.165, 1.54) is 4.68 Å². The van der Waals surface area contributed by atoms with E-state index in [1.54, 1.807) is 0 Å². The summed E-state index contributed by atoms with van der Waals surface area (Å²) in [4.78, 5) is 23.8. The van der Waals surface area contributed by atoms with Crippen molar-refractivity contribution in [1.29, 1.82) is 0 Å². The van der Waals surface area contributed by atoms with E-state index >= 15 is 0 Å². The molecule has 0 spiro atoms. The van der Waals surface area contributed by atoms with E-state index < -0.39 is 11.4 Å². The maximum absolute atomic E-state index is 11.0. The Hall–Kier alpha value is -1.78. The largest absolute Gasteiger partial charge is 0.345 e. The zero-order valence-electron chi connectivity index (χ0n) is 6.15. The molecule has 5 heteroatoms. The third-order valence-corrected chi connectivity index (χ3v) is 1.69. The molecular weight excluding hydrogens is 158 g/mol. The fraction of sp³-hybridized carbons (Fsp3) is 0.143. The molecule has 2 N–H and O–H groups in total. The Morgan fingerprint density at radius 2 is 1.92 bits per heavy atom. The van der Waals surface area contributed by atoms with Gasteiger partial charge in [-0.3, -0.25) is 4.98 Å². The molecule has 0 saturated carbocycles. The minimum atomic E-state index is -0.478. The highest BCUT2D eigenvalue weighted by molar-refractivity contribution is 5.19. The third kappa shape index (κ3) is 0.952. The normalized spacial score (nSPS) is 16.0. The number of nitrogens with zero attached hydrogens (tertiary/aromatic N) is 1. The van der Waals surface area contributed by atoms with Crippen LogP contribution in [0.1, 0.15) is 6.04 Å². The number of allylic oxidation sites excluding steroid dienone is 4. The number of nitrogens with one attached hydrogen (secondary N) is 2. The molecule has 0 amide bonds. The van der Waals surface area contributed by atoms with E-state index in [2.05, 4.69) is 10.1 Å². The molecule has 2 rings (SSSR count). The highest BCUT2D eigenvalue weighted by atomic mass is 16.2. The summed E-state index contributed by atoms with van der Waals surface area (Å²) in [5.41, 5.74) is -0.894. The first kappa shape index (κ1) is 6.90. The first-order valence-electron chi connectivity index (χ1n) is 3.53. The molecule has 0 aromatic carbocycles. The summed E-state index contributed by atoms with van der Waals surface area (Å²) in [6.45, 7) is 0. The maximum Gasteiger partial charge on any atom is 0.345 e. The summed E-state index contributed by atoms with van der Waals surface area (Å²) in [6, 6.07) is -0.156. The predicted octanol–water partition coefficient (Wildman–Crippen LogP) is -0.468. The summed E-state index contributed by atoms with van der Waals surface area (Å²) < 4.78 is 1.24. The molecule has 0 saturated heterocycles. The second-order valence-corrected chi connectivity index (χ2v) is 2.50. The van der Waals surface area contributed by atoms with Gasteiger partial charge in [-0.15, -0.1) is 0 Å². The molecule has 1 aliphatic carbocycles. The van der Waals surface area contributed by atoms with Crippen molar-refractivity contribution in [2.24, 2.45) is 0 Å². The van der Waals surface area contributed by atoms with E-state index in [9.17, 15) is 9.59 Å². The third-order valence-electron chi connectivity index (χ3n) is 1.69. The molecule has 12 heavy (non-hydrogen) atoms. The summed E-state index contributed by atoms with van der Waals surface area (Å²) in [6.07, 6.45) is 7.27. The minimum absolute atomic E-state index is 0.156. The molecule has 0 radical (unpaired) electrons. The Balaban J connectivity index is 2.53. The first-order chi connectivity index (χ1) is 5.77. The van der Waals surface area contributed by atoms with Crippen molar-refractivity contribution < 1.29 is 0 Å². The predicted molar refractivity (Wildman–Crippen MR) is 43.0 cm³/mol. The van der Waals surface area contributed by atoms with E-state index in [0.717, 1.165) is 0 Å². The maximum atomic E-state index is 11.0. The average Bonchev–Trinajstić information content (AvgIpc) is 2.58. The second-order valence-electron chi connectivity index (χ2n) is 2.50. The van der Waals surface area contributed by atoms with Crippen molar-refractivity contribution in [2.75, 3.05) is 0 Å². The van der Waals surface area contributed by atoms with Crippen LogP contribution >= 0.6 is 0 Å². The van der Waals surface area contributed by atoms with Crippen molar-refractivity contribution in [3.05, 3.63) is 45.3 Å². The van der Waals surface area contributed by atoms with Crippen LogP contribution in [0.5, 0.6) is 0 Å². The van der Waals surface area contributed by atoms with Gasteiger partial charge in [0.1, 0.15) is 0 Å². The summed E-state index contributed by atoms with van der Waals surface area (Å²) in [5.74, 6) is 0. The average molecular weight is 165 g/mol. The van der Waals surface area contributed by atoms with Crippen LogP contribution in [0.15, 0.2) is 33.9 Å². The van der Waals surface area contributed by atoms with Gasteiger partial charge < -0.3 is 0 Å². The van der Waals surface area contributed by atoms with Crippen molar-refractivity contribution in [3.8, 4) is 0 Å². The second kappa shape index (κ2) is 2.37. The molecule has 0 fully saturated rings. The number of aromatic amines is 2. The van der Waals surface area contributed by atoms with Crippen LogP contribution in [0.4, 0.5) is 0 Å². The summed E-state index contributed by atoms with van der Waals surface area (Å²) >= 11 is 0. The Bertz CT molecular complexity index is 434. The summed E-state index contributed by atoms with van der Waals surface area (Å²) in [7, 11) is 0. The Labute approximate surface area is 67.0 Å². The van der Waals surface area contributed by atoms with Gasteiger partial charge in [0, 0.05) is 0 Å². The highest BCUT2D eigenvalue weighted by Gasteiger charge is 2.09. The van der Waals surface area contributed by atoms with Crippen molar-refractivity contribution >= 4 is 0 Å². The lowest BCUT2D eigenvalue weighted by Crippen LogP contribution is -2.20. The first-order valence-corrected chi connectivity index (χ1v) is 3.53. The molecule has 62 valence electrons. The SMILES string of the molecule is O=c1[nH]c(=O)n(C2C=CC=C2)[nH]1. The zero-order chi connectivity index (χ0) is 8.55. The molecular formula is C7H7N3O2. The molecule has 0 aliphatic heterocycles. The number of hydrogen-bond acceptors (Lipinski definition) is 2. The van der Waals surface area contributed by atoms with Crippen molar-refractivity contribution in [1.82, 2.24) is 14.8 Å². The monoisotopic (exact) mass is 165 g/mol. The lowest BCUT2D eigenvalue weighted by Gasteiger charge is -2.02. The quantitative estimate of drug-likeness (QED) is 0.590. The van der Waals surface area contributed by atoms with Gasteiger partial charge >= 0.3 is 11.4 Å². The van der Waals surface area contributed by atoms with Crippen LogP contribution in [-0.4, -0.2) is 14.8 Å². The molecule has 5 nitrogen and oxygen atoms in total. The molecule has 1 aliphatic rings. The van der Waals surface area contributed by atoms with E-state index in [-0.39, 0.29) is 6.04 Å². The Morgan fingerprint density at radius 3 is 2.42 bits per heavy atom. The molecule has 0 unspecified atom stereocenters. The van der Waals surface area contributed by atoms with Crippen LogP contribution in [0.2, 0.25) is 0 Å². The van der Waals surface area contributed by atoms with Crippen LogP contribution in [-0.2, 0) is 0 Å². The van der Waals surface area contributed by atoms with E-state index in [4.69, 9.17) is 0 Å². The van der Waals surface area contributed by atoms with Crippen LogP contribution in [0.3, 0.4) is 0 Å². The van der Waals surface area contributed by atoms with Gasteiger partial charge in [-0.05, 0) is 0 Å². The van der Waals surface area contributed by atoms with E-state index in [1.807, 2.05) is 24.3 Å². The molecule has 0 atom stereocenters. The topological polar surface area (TPSA) is 70.7 Å². The zero-order valence-corrected chi connectivity index (χ0v) is 6.15. The number of hydrogen-bond donors (Lipinski definition) is 2. The van der Waals surface area contributed by atoms with Gasteiger partial charge in [-0.25, -0.2) is 19.4 Å².